The molecule has 0 bridgehead atoms. The minimum Gasteiger partial charge on any atom is -0.350 e. The molecule has 0 aromatic heterocycles. The third-order valence-electron chi connectivity index (χ3n) is 5.23. The summed E-state index contributed by atoms with van der Waals surface area (Å²) in [5, 5.41) is 14.7. The van der Waals surface area contributed by atoms with Crippen molar-refractivity contribution in [2.75, 3.05) is 17.1 Å². The fourth-order valence-electron chi connectivity index (χ4n) is 3.58. The molecular formula is C24H30Cl2N4O6S. The zero-order chi connectivity index (χ0) is 28.1. The lowest BCUT2D eigenvalue weighted by Crippen LogP contribution is -2.55. The Morgan fingerprint density at radius 2 is 1.76 bits per heavy atom. The van der Waals surface area contributed by atoms with E-state index in [1.165, 1.54) is 23.1 Å². The van der Waals surface area contributed by atoms with Crippen LogP contribution in [0.1, 0.15) is 39.7 Å². The summed E-state index contributed by atoms with van der Waals surface area (Å²) in [4.78, 5) is 38.7. The van der Waals surface area contributed by atoms with E-state index in [2.05, 4.69) is 5.32 Å². The van der Waals surface area contributed by atoms with Gasteiger partial charge in [-0.3, -0.25) is 24.0 Å². The molecule has 0 radical (unpaired) electrons. The van der Waals surface area contributed by atoms with Crippen LogP contribution < -0.4 is 9.62 Å². The summed E-state index contributed by atoms with van der Waals surface area (Å²) in [6.07, 6.45) is 1.14. The molecule has 2 amide bonds. The zero-order valence-electron chi connectivity index (χ0n) is 21.2. The van der Waals surface area contributed by atoms with E-state index in [1.807, 2.05) is 0 Å². The summed E-state index contributed by atoms with van der Waals surface area (Å²) < 4.78 is 26.1. The number of anilines is 1. The number of nitrogens with one attached hydrogen (secondary N) is 1. The highest BCUT2D eigenvalue weighted by Gasteiger charge is 2.33. The van der Waals surface area contributed by atoms with Crippen LogP contribution in [0.3, 0.4) is 0 Å². The quantitative estimate of drug-likeness (QED) is 0.332. The number of benzene rings is 2. The summed E-state index contributed by atoms with van der Waals surface area (Å²) in [5.74, 6) is -1.09. The second-order valence-electron chi connectivity index (χ2n) is 9.48. The Morgan fingerprint density at radius 3 is 2.27 bits per heavy atom. The third-order valence-corrected chi connectivity index (χ3v) is 7.11. The molecule has 0 aliphatic heterocycles. The van der Waals surface area contributed by atoms with Gasteiger partial charge in [0.1, 0.15) is 12.6 Å². The number of non-ortho nitro benzene ring substituents is 1. The molecule has 1 N–H and O–H groups in total. The fourth-order valence-corrected chi connectivity index (χ4v) is 4.74. The summed E-state index contributed by atoms with van der Waals surface area (Å²) in [6.45, 7) is 6.40. The van der Waals surface area contributed by atoms with Crippen molar-refractivity contribution < 1.29 is 22.9 Å². The van der Waals surface area contributed by atoms with Crippen LogP contribution in [-0.4, -0.2) is 54.4 Å². The Kier molecular flexibility index (Phi) is 9.92. The van der Waals surface area contributed by atoms with Crippen molar-refractivity contribution in [1.29, 1.82) is 0 Å². The van der Waals surface area contributed by atoms with Crippen LogP contribution in [0.15, 0.2) is 42.5 Å². The normalized spacial score (nSPS) is 12.5. The summed E-state index contributed by atoms with van der Waals surface area (Å²) in [7, 11) is -4.03. The number of hydrogen-bond acceptors (Lipinski definition) is 6. The molecule has 0 unspecified atom stereocenters. The van der Waals surface area contributed by atoms with Crippen LogP contribution in [0.2, 0.25) is 10.0 Å². The number of hydrogen-bond donors (Lipinski definition) is 1. The van der Waals surface area contributed by atoms with E-state index in [0.29, 0.717) is 10.6 Å². The molecule has 1 atom stereocenters. The molecule has 0 spiro atoms. The molecular weight excluding hydrogens is 543 g/mol. The summed E-state index contributed by atoms with van der Waals surface area (Å²) in [5.41, 5.74) is -0.384. The van der Waals surface area contributed by atoms with Crippen molar-refractivity contribution in [3.05, 3.63) is 68.2 Å². The first kappa shape index (κ1) is 30.3. The van der Waals surface area contributed by atoms with Gasteiger partial charge in [0.25, 0.3) is 5.69 Å². The lowest BCUT2D eigenvalue weighted by atomic mass is 10.1. The number of nitro groups is 1. The van der Waals surface area contributed by atoms with Crippen molar-refractivity contribution in [3.8, 4) is 0 Å². The first-order valence-corrected chi connectivity index (χ1v) is 13.9. The van der Waals surface area contributed by atoms with Crippen molar-refractivity contribution in [3.63, 3.8) is 0 Å². The van der Waals surface area contributed by atoms with Crippen molar-refractivity contribution in [2.24, 2.45) is 0 Å². The third kappa shape index (κ3) is 8.58. The van der Waals surface area contributed by atoms with Gasteiger partial charge < -0.3 is 10.2 Å². The van der Waals surface area contributed by atoms with E-state index in [9.17, 15) is 28.1 Å². The number of nitro benzene ring substituents is 1. The zero-order valence-corrected chi connectivity index (χ0v) is 23.5. The van der Waals surface area contributed by atoms with Crippen LogP contribution in [-0.2, 0) is 26.2 Å². The average Bonchev–Trinajstić information content (AvgIpc) is 2.77. The second kappa shape index (κ2) is 12.1. The monoisotopic (exact) mass is 572 g/mol. The van der Waals surface area contributed by atoms with Gasteiger partial charge in [0.15, 0.2) is 0 Å². The van der Waals surface area contributed by atoms with Gasteiger partial charge in [0.05, 0.1) is 26.9 Å². The molecule has 0 saturated carbocycles. The van der Waals surface area contributed by atoms with Gasteiger partial charge in [-0.2, -0.15) is 0 Å². The number of halogens is 2. The lowest BCUT2D eigenvalue weighted by Gasteiger charge is -2.34. The lowest BCUT2D eigenvalue weighted by molar-refractivity contribution is -0.384. The molecule has 0 heterocycles. The maximum atomic E-state index is 13.7. The molecule has 0 aliphatic carbocycles. The minimum atomic E-state index is -4.03. The Morgan fingerprint density at radius 1 is 1.11 bits per heavy atom. The number of sulfonamides is 1. The molecule has 10 nitrogen and oxygen atoms in total. The van der Waals surface area contributed by atoms with Crippen molar-refractivity contribution in [2.45, 2.75) is 52.2 Å². The number of carbonyl (C=O) groups is 2. The van der Waals surface area contributed by atoms with E-state index < -0.39 is 44.9 Å². The Bertz CT molecular complexity index is 1280. The second-order valence-corrected chi connectivity index (χ2v) is 12.2. The highest BCUT2D eigenvalue weighted by atomic mass is 35.5. The maximum absolute atomic E-state index is 13.7. The molecule has 13 heteroatoms. The van der Waals surface area contributed by atoms with Crippen LogP contribution in [0.4, 0.5) is 11.4 Å². The first-order chi connectivity index (χ1) is 17.0. The van der Waals surface area contributed by atoms with Gasteiger partial charge in [-0.05, 0) is 51.0 Å². The average molecular weight is 573 g/mol. The highest BCUT2D eigenvalue weighted by Crippen LogP contribution is 2.26. The van der Waals surface area contributed by atoms with Gasteiger partial charge in [-0.15, -0.1) is 0 Å². The maximum Gasteiger partial charge on any atom is 0.271 e. The Balaban J connectivity index is 2.52. The van der Waals surface area contributed by atoms with Crippen molar-refractivity contribution in [1.82, 2.24) is 10.2 Å². The van der Waals surface area contributed by atoms with Gasteiger partial charge in [-0.1, -0.05) is 42.3 Å². The standard InChI is InChI=1S/C24H30Cl2N4O6S/c1-6-21(23(32)27-24(2,3)4)28(14-16-10-11-19(25)20(26)12-16)22(31)15-29(37(5,35)36)17-8-7-9-18(13-17)30(33)34/h7-13,21H,6,14-15H2,1-5H3,(H,27,32)/t21-/m1/s1. The predicted octanol–water partition coefficient (Wildman–Crippen LogP) is 4.39. The van der Waals surface area contributed by atoms with Gasteiger partial charge >= 0.3 is 0 Å². The van der Waals surface area contributed by atoms with Gasteiger partial charge in [0, 0.05) is 24.2 Å². The van der Waals surface area contributed by atoms with Gasteiger partial charge in [0.2, 0.25) is 21.8 Å². The Labute approximate surface area is 226 Å². The largest absolute Gasteiger partial charge is 0.350 e. The van der Waals surface area contributed by atoms with Crippen LogP contribution in [0.5, 0.6) is 0 Å². The summed E-state index contributed by atoms with van der Waals surface area (Å²) in [6, 6.07) is 8.80. The molecule has 202 valence electrons. The summed E-state index contributed by atoms with van der Waals surface area (Å²) >= 11 is 12.2. The molecule has 0 saturated heterocycles. The molecule has 2 rings (SSSR count). The molecule has 37 heavy (non-hydrogen) atoms. The minimum absolute atomic E-state index is 0.0493. The van der Waals surface area contributed by atoms with Crippen LogP contribution in [0.25, 0.3) is 0 Å². The first-order valence-electron chi connectivity index (χ1n) is 11.3. The molecule has 0 aliphatic rings. The van der Waals surface area contributed by atoms with Crippen LogP contribution >= 0.6 is 23.2 Å². The topological polar surface area (TPSA) is 130 Å². The van der Waals surface area contributed by atoms with Gasteiger partial charge in [-0.25, -0.2) is 8.42 Å². The smallest absolute Gasteiger partial charge is 0.271 e. The molecule has 2 aromatic rings. The number of rotatable bonds is 10. The molecule has 2 aromatic carbocycles. The van der Waals surface area contributed by atoms with E-state index in [1.54, 1.807) is 45.9 Å². The van der Waals surface area contributed by atoms with E-state index in [-0.39, 0.29) is 29.4 Å². The van der Waals surface area contributed by atoms with E-state index in [0.717, 1.165) is 16.6 Å². The SMILES string of the molecule is CC[C@H](C(=O)NC(C)(C)C)N(Cc1ccc(Cl)c(Cl)c1)C(=O)CN(c1cccc([N+](=O)[O-])c1)S(C)(=O)=O. The van der Waals surface area contributed by atoms with E-state index >= 15 is 0 Å². The Hall–Kier alpha value is -2.89. The predicted molar refractivity (Wildman–Crippen MR) is 144 cm³/mol. The fraction of sp³-hybridized carbons (Fsp3) is 0.417. The van der Waals surface area contributed by atoms with E-state index in [4.69, 9.17) is 23.2 Å². The molecule has 0 fully saturated rings. The highest BCUT2D eigenvalue weighted by molar-refractivity contribution is 7.92. The number of nitrogens with zero attached hydrogens (tertiary/aromatic N) is 3. The van der Waals surface area contributed by atoms with Crippen LogP contribution in [0, 0.1) is 10.1 Å². The number of carbonyl (C=O) groups excluding carboxylic acids is 2. The number of amides is 2. The van der Waals surface area contributed by atoms with Crippen molar-refractivity contribution >= 4 is 56.4 Å².